The Hall–Kier alpha value is -1.55. The van der Waals surface area contributed by atoms with Crippen molar-refractivity contribution in [2.75, 3.05) is 6.54 Å². The van der Waals surface area contributed by atoms with Crippen molar-refractivity contribution in [2.24, 2.45) is 0 Å². The Morgan fingerprint density at radius 3 is 2.68 bits per heavy atom. The highest BCUT2D eigenvalue weighted by Gasteiger charge is 2.33. The molecule has 1 aliphatic carbocycles. The van der Waals surface area contributed by atoms with Crippen molar-refractivity contribution in [3.8, 4) is 5.75 Å². The SMILES string of the molecule is Cc1ccccc1CCN[C@H]1CCC[C@@H](Oc2ccccc2Cl)[C@@H]1O. The van der Waals surface area contributed by atoms with Crippen LogP contribution < -0.4 is 10.1 Å². The Balaban J connectivity index is 1.54. The Morgan fingerprint density at radius 1 is 1.12 bits per heavy atom. The van der Waals surface area contributed by atoms with E-state index in [9.17, 15) is 5.11 Å². The van der Waals surface area contributed by atoms with Crippen molar-refractivity contribution in [3.05, 3.63) is 64.7 Å². The number of hydrogen-bond donors (Lipinski definition) is 2. The molecule has 134 valence electrons. The molecule has 2 aromatic carbocycles. The van der Waals surface area contributed by atoms with Crippen LogP contribution in [0.5, 0.6) is 5.75 Å². The highest BCUT2D eigenvalue weighted by atomic mass is 35.5. The Kier molecular flexibility index (Phi) is 6.35. The predicted molar refractivity (Wildman–Crippen MR) is 102 cm³/mol. The molecule has 2 N–H and O–H groups in total. The lowest BCUT2D eigenvalue weighted by molar-refractivity contribution is -0.0150. The van der Waals surface area contributed by atoms with Crippen LogP contribution in [0.15, 0.2) is 48.5 Å². The number of rotatable bonds is 6. The van der Waals surface area contributed by atoms with Crippen LogP contribution in [0.1, 0.15) is 30.4 Å². The molecule has 0 saturated heterocycles. The average Bonchev–Trinajstić information content (AvgIpc) is 2.61. The third-order valence-corrected chi connectivity index (χ3v) is 5.29. The zero-order chi connectivity index (χ0) is 17.6. The maximum atomic E-state index is 10.7. The minimum atomic E-state index is -0.526. The highest BCUT2D eigenvalue weighted by Crippen LogP contribution is 2.29. The molecule has 0 radical (unpaired) electrons. The summed E-state index contributed by atoms with van der Waals surface area (Å²) >= 11 is 6.17. The van der Waals surface area contributed by atoms with Crippen LogP contribution in [0.3, 0.4) is 0 Å². The molecule has 0 aromatic heterocycles. The van der Waals surface area contributed by atoms with Crippen LogP contribution in [-0.4, -0.2) is 29.9 Å². The summed E-state index contributed by atoms with van der Waals surface area (Å²) < 4.78 is 5.99. The highest BCUT2D eigenvalue weighted by molar-refractivity contribution is 6.32. The predicted octanol–water partition coefficient (Wildman–Crippen LogP) is 4.14. The molecule has 2 aromatic rings. The van der Waals surface area contributed by atoms with Gasteiger partial charge in [-0.05, 0) is 62.4 Å². The summed E-state index contributed by atoms with van der Waals surface area (Å²) in [5, 5.41) is 14.8. The monoisotopic (exact) mass is 359 g/mol. The molecular formula is C21H26ClNO2. The fourth-order valence-electron chi connectivity index (χ4n) is 3.48. The van der Waals surface area contributed by atoms with Gasteiger partial charge in [-0.2, -0.15) is 0 Å². The fourth-order valence-corrected chi connectivity index (χ4v) is 3.66. The van der Waals surface area contributed by atoms with Gasteiger partial charge in [0.25, 0.3) is 0 Å². The fraction of sp³-hybridized carbons (Fsp3) is 0.429. The molecule has 4 heteroatoms. The summed E-state index contributed by atoms with van der Waals surface area (Å²) in [4.78, 5) is 0. The van der Waals surface area contributed by atoms with Gasteiger partial charge in [0.2, 0.25) is 0 Å². The van der Waals surface area contributed by atoms with Gasteiger partial charge in [0.15, 0.2) is 0 Å². The van der Waals surface area contributed by atoms with E-state index in [4.69, 9.17) is 16.3 Å². The van der Waals surface area contributed by atoms with E-state index >= 15 is 0 Å². The number of aliphatic hydroxyl groups excluding tert-OH is 1. The summed E-state index contributed by atoms with van der Waals surface area (Å²) in [5.41, 5.74) is 2.66. The van der Waals surface area contributed by atoms with Crippen molar-refractivity contribution < 1.29 is 9.84 Å². The van der Waals surface area contributed by atoms with E-state index in [-0.39, 0.29) is 12.1 Å². The summed E-state index contributed by atoms with van der Waals surface area (Å²) in [6.45, 7) is 2.99. The van der Waals surface area contributed by atoms with Gasteiger partial charge >= 0.3 is 0 Å². The molecule has 3 rings (SSSR count). The first-order chi connectivity index (χ1) is 12.1. The Labute approximate surface area is 155 Å². The van der Waals surface area contributed by atoms with Crippen molar-refractivity contribution >= 4 is 11.6 Å². The van der Waals surface area contributed by atoms with Crippen LogP contribution in [0.25, 0.3) is 0 Å². The minimum absolute atomic E-state index is 0.0604. The molecule has 0 heterocycles. The van der Waals surface area contributed by atoms with Gasteiger partial charge in [-0.3, -0.25) is 0 Å². The largest absolute Gasteiger partial charge is 0.486 e. The van der Waals surface area contributed by atoms with Gasteiger partial charge in [-0.25, -0.2) is 0 Å². The number of aliphatic hydroxyl groups is 1. The maximum absolute atomic E-state index is 10.7. The summed E-state index contributed by atoms with van der Waals surface area (Å²) in [7, 11) is 0. The molecule has 0 spiro atoms. The topological polar surface area (TPSA) is 41.5 Å². The smallest absolute Gasteiger partial charge is 0.138 e. The van der Waals surface area contributed by atoms with E-state index in [1.807, 2.05) is 24.3 Å². The van der Waals surface area contributed by atoms with Crippen molar-refractivity contribution in [1.82, 2.24) is 5.32 Å². The second-order valence-electron chi connectivity index (χ2n) is 6.75. The van der Waals surface area contributed by atoms with Gasteiger partial charge in [-0.15, -0.1) is 0 Å². The third-order valence-electron chi connectivity index (χ3n) is 4.97. The quantitative estimate of drug-likeness (QED) is 0.814. The van der Waals surface area contributed by atoms with Crippen LogP contribution in [0.2, 0.25) is 5.02 Å². The number of nitrogens with one attached hydrogen (secondary N) is 1. The lowest BCUT2D eigenvalue weighted by Crippen LogP contribution is -2.51. The molecule has 1 saturated carbocycles. The van der Waals surface area contributed by atoms with E-state index in [0.29, 0.717) is 10.8 Å². The molecule has 0 unspecified atom stereocenters. The van der Waals surface area contributed by atoms with E-state index in [2.05, 4.69) is 36.5 Å². The Morgan fingerprint density at radius 2 is 1.88 bits per heavy atom. The number of hydrogen-bond acceptors (Lipinski definition) is 3. The number of ether oxygens (including phenoxy) is 1. The molecule has 0 bridgehead atoms. The summed E-state index contributed by atoms with van der Waals surface area (Å²) in [5.74, 6) is 0.647. The summed E-state index contributed by atoms with van der Waals surface area (Å²) in [6, 6.07) is 15.9. The van der Waals surface area contributed by atoms with Crippen LogP contribution in [-0.2, 0) is 6.42 Å². The molecular weight excluding hydrogens is 334 g/mol. The Bertz CT molecular complexity index is 691. The standard InChI is InChI=1S/C21H26ClNO2/c1-15-7-2-3-8-16(15)13-14-23-18-10-6-12-20(21(18)24)25-19-11-5-4-9-17(19)22/h2-5,7-9,11,18,20-21,23-24H,6,10,12-14H2,1H3/t18-,20+,21+/m0/s1. The van der Waals surface area contributed by atoms with Crippen molar-refractivity contribution in [1.29, 1.82) is 0 Å². The van der Waals surface area contributed by atoms with E-state index in [1.54, 1.807) is 0 Å². The van der Waals surface area contributed by atoms with E-state index in [1.165, 1.54) is 11.1 Å². The lowest BCUT2D eigenvalue weighted by Gasteiger charge is -2.35. The molecule has 0 aliphatic heterocycles. The molecule has 0 amide bonds. The third kappa shape index (κ3) is 4.75. The van der Waals surface area contributed by atoms with Crippen LogP contribution in [0, 0.1) is 6.92 Å². The number of benzene rings is 2. The van der Waals surface area contributed by atoms with E-state index in [0.717, 1.165) is 32.2 Å². The van der Waals surface area contributed by atoms with Gasteiger partial charge in [0, 0.05) is 6.04 Å². The lowest BCUT2D eigenvalue weighted by atomic mass is 9.89. The first kappa shape index (κ1) is 18.2. The number of para-hydroxylation sites is 1. The van der Waals surface area contributed by atoms with Crippen molar-refractivity contribution in [3.63, 3.8) is 0 Å². The number of halogens is 1. The second-order valence-corrected chi connectivity index (χ2v) is 7.15. The van der Waals surface area contributed by atoms with Crippen LogP contribution >= 0.6 is 11.6 Å². The maximum Gasteiger partial charge on any atom is 0.138 e. The summed E-state index contributed by atoms with van der Waals surface area (Å²) in [6.07, 6.45) is 3.08. The number of aryl methyl sites for hydroxylation is 1. The molecule has 25 heavy (non-hydrogen) atoms. The first-order valence-electron chi connectivity index (χ1n) is 9.02. The average molecular weight is 360 g/mol. The zero-order valence-electron chi connectivity index (χ0n) is 14.6. The normalized spacial score (nSPS) is 23.4. The molecule has 1 fully saturated rings. The van der Waals surface area contributed by atoms with Gasteiger partial charge in [-0.1, -0.05) is 48.0 Å². The van der Waals surface area contributed by atoms with Gasteiger partial charge < -0.3 is 15.2 Å². The van der Waals surface area contributed by atoms with Gasteiger partial charge in [0.05, 0.1) is 5.02 Å². The van der Waals surface area contributed by atoms with Crippen molar-refractivity contribution in [2.45, 2.75) is 50.9 Å². The van der Waals surface area contributed by atoms with Crippen LogP contribution in [0.4, 0.5) is 0 Å². The molecule has 3 atom stereocenters. The van der Waals surface area contributed by atoms with E-state index < -0.39 is 6.10 Å². The first-order valence-corrected chi connectivity index (χ1v) is 9.40. The van der Waals surface area contributed by atoms with Gasteiger partial charge in [0.1, 0.15) is 18.0 Å². The molecule has 1 aliphatic rings. The zero-order valence-corrected chi connectivity index (χ0v) is 15.4. The minimum Gasteiger partial charge on any atom is -0.486 e. The molecule has 3 nitrogen and oxygen atoms in total. The second kappa shape index (κ2) is 8.70.